The average Bonchev–Trinajstić information content (AvgIpc) is 2.97. The molecule has 0 unspecified atom stereocenters. The maximum absolute atomic E-state index is 12.5. The highest BCUT2D eigenvalue weighted by atomic mass is 79.9. The Morgan fingerprint density at radius 3 is 2.47 bits per heavy atom. The Labute approximate surface area is 205 Å². The summed E-state index contributed by atoms with van der Waals surface area (Å²) < 4.78 is 12.9. The molecule has 2 aromatic rings. The number of nitrogens with zero attached hydrogens (tertiary/aromatic N) is 1. The van der Waals surface area contributed by atoms with Gasteiger partial charge in [0.15, 0.2) is 18.1 Å². The highest BCUT2D eigenvalue weighted by Gasteiger charge is 2.28. The van der Waals surface area contributed by atoms with Gasteiger partial charge in [0.25, 0.3) is 11.8 Å². The van der Waals surface area contributed by atoms with Crippen LogP contribution in [0.1, 0.15) is 23.6 Å². The first-order chi connectivity index (χ1) is 15.2. The number of halogens is 1. The molecule has 3 rings (SSSR count). The molecule has 1 aliphatic heterocycles. The lowest BCUT2D eigenvalue weighted by Gasteiger charge is -2.15. The molecule has 6 nitrogen and oxygen atoms in total. The summed E-state index contributed by atoms with van der Waals surface area (Å²) in [6.07, 6.45) is 1.76. The standard InChI is InChI=1S/C23H23BrN2O4S2/c1-5-29-18-10-15(11-19-22(28)26(4)23(31)32-19)6-7-17(18)30-12-20(27)25-21-13(2)8-16(24)9-14(21)3/h6-11H,5,12H2,1-4H3,(H,25,27)/b19-11-. The fourth-order valence-corrected chi connectivity index (χ4v) is 4.99. The fraction of sp³-hybridized carbons (Fsp3) is 0.261. The third-order valence-electron chi connectivity index (χ3n) is 4.67. The number of hydrogen-bond acceptors (Lipinski definition) is 6. The number of likely N-dealkylation sites (N-methyl/N-ethyl adjacent to an activating group) is 1. The molecule has 0 spiro atoms. The van der Waals surface area contributed by atoms with Gasteiger partial charge in [0, 0.05) is 17.2 Å². The number of thioether (sulfide) groups is 1. The third-order valence-corrected chi connectivity index (χ3v) is 6.62. The highest BCUT2D eigenvalue weighted by molar-refractivity contribution is 9.10. The highest BCUT2D eigenvalue weighted by Crippen LogP contribution is 2.34. The van der Waals surface area contributed by atoms with Crippen LogP contribution >= 0.6 is 39.9 Å². The summed E-state index contributed by atoms with van der Waals surface area (Å²) in [5, 5.41) is 2.91. The van der Waals surface area contributed by atoms with Gasteiger partial charge in [-0.3, -0.25) is 14.5 Å². The number of thiocarbonyl (C=S) groups is 1. The summed E-state index contributed by atoms with van der Waals surface area (Å²) in [6, 6.07) is 9.21. The van der Waals surface area contributed by atoms with E-state index < -0.39 is 0 Å². The van der Waals surface area contributed by atoms with Crippen LogP contribution < -0.4 is 14.8 Å². The molecule has 0 saturated carbocycles. The first-order valence-electron chi connectivity index (χ1n) is 9.87. The van der Waals surface area contributed by atoms with Crippen molar-refractivity contribution in [1.82, 2.24) is 4.90 Å². The van der Waals surface area contributed by atoms with Crippen molar-refractivity contribution in [2.24, 2.45) is 0 Å². The number of ether oxygens (including phenoxy) is 2. The van der Waals surface area contributed by atoms with Crippen molar-refractivity contribution in [3.05, 3.63) is 56.4 Å². The van der Waals surface area contributed by atoms with Crippen molar-refractivity contribution in [2.45, 2.75) is 20.8 Å². The van der Waals surface area contributed by atoms with E-state index in [4.69, 9.17) is 21.7 Å². The molecule has 168 valence electrons. The van der Waals surface area contributed by atoms with E-state index in [1.54, 1.807) is 31.3 Å². The maximum Gasteiger partial charge on any atom is 0.265 e. The summed E-state index contributed by atoms with van der Waals surface area (Å²) in [5.74, 6) is 0.550. The average molecular weight is 535 g/mol. The monoisotopic (exact) mass is 534 g/mol. The van der Waals surface area contributed by atoms with E-state index in [9.17, 15) is 9.59 Å². The molecule has 9 heteroatoms. The van der Waals surface area contributed by atoms with E-state index in [1.807, 2.05) is 32.9 Å². The van der Waals surface area contributed by atoms with Crippen molar-refractivity contribution in [3.63, 3.8) is 0 Å². The Hall–Kier alpha value is -2.36. The molecule has 0 bridgehead atoms. The van der Waals surface area contributed by atoms with Gasteiger partial charge in [-0.2, -0.15) is 0 Å². The van der Waals surface area contributed by atoms with Crippen LogP contribution in [-0.4, -0.2) is 41.3 Å². The smallest absolute Gasteiger partial charge is 0.265 e. The molecule has 2 amide bonds. The Balaban J connectivity index is 1.72. The second-order valence-electron chi connectivity index (χ2n) is 7.13. The topological polar surface area (TPSA) is 67.9 Å². The van der Waals surface area contributed by atoms with Crippen molar-refractivity contribution in [1.29, 1.82) is 0 Å². The molecule has 0 aliphatic carbocycles. The zero-order chi connectivity index (χ0) is 23.4. The second-order valence-corrected chi connectivity index (χ2v) is 9.72. The molecular formula is C23H23BrN2O4S2. The van der Waals surface area contributed by atoms with Crippen LogP contribution in [-0.2, 0) is 9.59 Å². The molecule has 0 radical (unpaired) electrons. The Morgan fingerprint density at radius 1 is 1.19 bits per heavy atom. The molecule has 0 aromatic heterocycles. The summed E-state index contributed by atoms with van der Waals surface area (Å²) in [6.45, 7) is 6.01. The van der Waals surface area contributed by atoms with Gasteiger partial charge >= 0.3 is 0 Å². The first-order valence-corrected chi connectivity index (χ1v) is 11.9. The van der Waals surface area contributed by atoms with Gasteiger partial charge in [0.1, 0.15) is 4.32 Å². The maximum atomic E-state index is 12.5. The predicted molar refractivity (Wildman–Crippen MR) is 136 cm³/mol. The van der Waals surface area contributed by atoms with Gasteiger partial charge < -0.3 is 14.8 Å². The van der Waals surface area contributed by atoms with Gasteiger partial charge in [-0.15, -0.1) is 0 Å². The second kappa shape index (κ2) is 10.5. The van der Waals surface area contributed by atoms with E-state index >= 15 is 0 Å². The number of amides is 2. The minimum atomic E-state index is -0.267. The van der Waals surface area contributed by atoms with E-state index in [2.05, 4.69) is 21.2 Å². The van der Waals surface area contributed by atoms with Crippen molar-refractivity contribution in [2.75, 3.05) is 25.6 Å². The minimum absolute atomic E-state index is 0.131. The van der Waals surface area contributed by atoms with Gasteiger partial charge in [0.2, 0.25) is 0 Å². The van der Waals surface area contributed by atoms with Gasteiger partial charge in [-0.05, 0) is 67.8 Å². The summed E-state index contributed by atoms with van der Waals surface area (Å²) in [7, 11) is 1.66. The number of hydrogen-bond donors (Lipinski definition) is 1. The van der Waals surface area contributed by atoms with Crippen LogP contribution in [0.3, 0.4) is 0 Å². The largest absolute Gasteiger partial charge is 0.490 e. The molecule has 1 N–H and O–H groups in total. The molecular weight excluding hydrogens is 512 g/mol. The van der Waals surface area contributed by atoms with E-state index in [-0.39, 0.29) is 18.4 Å². The van der Waals surface area contributed by atoms with Crippen LogP contribution in [0, 0.1) is 13.8 Å². The third kappa shape index (κ3) is 5.70. The van der Waals surface area contributed by atoms with Crippen LogP contribution in [0.25, 0.3) is 6.08 Å². The Kier molecular flexibility index (Phi) is 7.97. The summed E-state index contributed by atoms with van der Waals surface area (Å²) in [5.41, 5.74) is 3.47. The Bertz CT molecular complexity index is 1090. The predicted octanol–water partition coefficient (Wildman–Crippen LogP) is 5.31. The SMILES string of the molecule is CCOc1cc(/C=C2\SC(=S)N(C)C2=O)ccc1OCC(=O)Nc1c(C)cc(Br)cc1C. The number of carbonyl (C=O) groups excluding carboxylic acids is 2. The molecule has 1 saturated heterocycles. The number of nitrogens with one attached hydrogen (secondary N) is 1. The number of carbonyl (C=O) groups is 2. The lowest BCUT2D eigenvalue weighted by atomic mass is 10.1. The quantitative estimate of drug-likeness (QED) is 0.383. The van der Waals surface area contributed by atoms with Crippen LogP contribution in [0.2, 0.25) is 0 Å². The van der Waals surface area contributed by atoms with E-state index in [1.165, 1.54) is 16.7 Å². The van der Waals surface area contributed by atoms with E-state index in [0.29, 0.717) is 27.3 Å². The zero-order valence-corrected chi connectivity index (χ0v) is 21.4. The molecule has 32 heavy (non-hydrogen) atoms. The number of aryl methyl sites for hydroxylation is 2. The van der Waals surface area contributed by atoms with Gasteiger partial charge in [-0.1, -0.05) is 46.0 Å². The van der Waals surface area contributed by atoms with Crippen LogP contribution in [0.4, 0.5) is 5.69 Å². The summed E-state index contributed by atoms with van der Waals surface area (Å²) >= 11 is 9.89. The summed E-state index contributed by atoms with van der Waals surface area (Å²) in [4.78, 5) is 26.7. The normalized spacial score (nSPS) is 14.8. The first kappa shape index (κ1) is 24.3. The van der Waals surface area contributed by atoms with Gasteiger partial charge in [0.05, 0.1) is 11.5 Å². The zero-order valence-electron chi connectivity index (χ0n) is 18.2. The molecule has 2 aromatic carbocycles. The number of benzene rings is 2. The molecule has 1 aliphatic rings. The molecule has 1 fully saturated rings. The molecule has 1 heterocycles. The minimum Gasteiger partial charge on any atom is -0.490 e. The molecule has 0 atom stereocenters. The number of anilines is 1. The van der Waals surface area contributed by atoms with Crippen molar-refractivity contribution in [3.8, 4) is 11.5 Å². The fourth-order valence-electron chi connectivity index (χ4n) is 3.13. The lowest BCUT2D eigenvalue weighted by molar-refractivity contribution is -0.121. The lowest BCUT2D eigenvalue weighted by Crippen LogP contribution is -2.22. The Morgan fingerprint density at radius 2 is 1.88 bits per heavy atom. The van der Waals surface area contributed by atoms with Crippen LogP contribution in [0.5, 0.6) is 11.5 Å². The van der Waals surface area contributed by atoms with E-state index in [0.717, 1.165) is 26.9 Å². The van der Waals surface area contributed by atoms with Crippen LogP contribution in [0.15, 0.2) is 39.7 Å². The van der Waals surface area contributed by atoms with Crippen molar-refractivity contribution < 1.29 is 19.1 Å². The van der Waals surface area contributed by atoms with Crippen molar-refractivity contribution >= 4 is 67.8 Å². The number of rotatable bonds is 7. The van der Waals surface area contributed by atoms with Gasteiger partial charge in [-0.25, -0.2) is 0 Å².